The fourth-order valence-corrected chi connectivity index (χ4v) is 5.12. The molecule has 41 heavy (non-hydrogen) atoms. The maximum atomic E-state index is 12.3. The van der Waals surface area contributed by atoms with Gasteiger partial charge in [-0.2, -0.15) is 8.42 Å². The number of rotatable bonds is 27. The highest BCUT2D eigenvalue weighted by molar-refractivity contribution is 7.85. The van der Waals surface area contributed by atoms with Crippen molar-refractivity contribution >= 4 is 16.0 Å². The van der Waals surface area contributed by atoms with Crippen LogP contribution in [0, 0.1) is 0 Å². The standard InChI is InChI=1S/C34H59NO5S/c1-3-5-7-9-10-11-12-13-14-15-16-17-18-19-20-21-22-23-24-26-28-30-34(37)35-32(31-41(38,39)40)33(36)29-27-25-8-6-4-2/h5,7,10-11,13-14,16-17,19-20,32-33,36H,3-4,6,8-9,12,15,18,21-31H2,1-2H3,(H,35,37)(H,38,39,40)/b7-5-,11-10-,14-13-,17-16-,20-19-. The van der Waals surface area contributed by atoms with Crippen LogP contribution in [0.3, 0.4) is 0 Å². The van der Waals surface area contributed by atoms with Crippen LogP contribution < -0.4 is 5.32 Å². The Morgan fingerprint density at radius 2 is 1.17 bits per heavy atom. The van der Waals surface area contributed by atoms with E-state index in [9.17, 15) is 22.9 Å². The molecule has 0 aliphatic heterocycles. The average Bonchev–Trinajstić information content (AvgIpc) is 2.92. The Labute approximate surface area is 251 Å². The van der Waals surface area contributed by atoms with Gasteiger partial charge in [0.1, 0.15) is 0 Å². The minimum absolute atomic E-state index is 0.275. The van der Waals surface area contributed by atoms with E-state index in [0.717, 1.165) is 103 Å². The summed E-state index contributed by atoms with van der Waals surface area (Å²) in [6, 6.07) is -0.979. The second-order valence-corrected chi connectivity index (χ2v) is 12.2. The van der Waals surface area contributed by atoms with Gasteiger partial charge in [-0.25, -0.2) is 0 Å². The lowest BCUT2D eigenvalue weighted by Crippen LogP contribution is -2.47. The van der Waals surface area contributed by atoms with Gasteiger partial charge in [0.05, 0.1) is 17.9 Å². The van der Waals surface area contributed by atoms with E-state index >= 15 is 0 Å². The number of carbonyl (C=O) groups excluding carboxylic acids is 1. The minimum atomic E-state index is -4.30. The Morgan fingerprint density at radius 3 is 1.73 bits per heavy atom. The number of nitrogens with one attached hydrogen (secondary N) is 1. The van der Waals surface area contributed by atoms with Gasteiger partial charge in [0, 0.05) is 6.42 Å². The maximum Gasteiger partial charge on any atom is 0.266 e. The predicted octanol–water partition coefficient (Wildman–Crippen LogP) is 8.56. The molecule has 2 unspecified atom stereocenters. The van der Waals surface area contributed by atoms with Gasteiger partial charge in [-0.3, -0.25) is 9.35 Å². The van der Waals surface area contributed by atoms with Gasteiger partial charge in [0.15, 0.2) is 0 Å². The summed E-state index contributed by atoms with van der Waals surface area (Å²) in [5.41, 5.74) is 0. The molecule has 0 rings (SSSR count). The van der Waals surface area contributed by atoms with Gasteiger partial charge < -0.3 is 10.4 Å². The first-order chi connectivity index (χ1) is 19.8. The van der Waals surface area contributed by atoms with Gasteiger partial charge in [0.2, 0.25) is 5.91 Å². The lowest BCUT2D eigenvalue weighted by molar-refractivity contribution is -0.122. The maximum absolute atomic E-state index is 12.3. The van der Waals surface area contributed by atoms with E-state index in [4.69, 9.17) is 0 Å². The third-order valence-corrected chi connectivity index (χ3v) is 7.52. The molecule has 0 radical (unpaired) electrons. The van der Waals surface area contributed by atoms with Crippen molar-refractivity contribution in [3.63, 3.8) is 0 Å². The molecule has 0 heterocycles. The number of aliphatic hydroxyl groups is 1. The lowest BCUT2D eigenvalue weighted by Gasteiger charge is -2.23. The second kappa shape index (κ2) is 28.2. The highest BCUT2D eigenvalue weighted by Crippen LogP contribution is 2.12. The molecule has 0 aromatic heterocycles. The summed E-state index contributed by atoms with van der Waals surface area (Å²) >= 11 is 0. The number of amides is 1. The Hall–Kier alpha value is -1.96. The topological polar surface area (TPSA) is 104 Å². The van der Waals surface area contributed by atoms with E-state index in [2.05, 4.69) is 79.9 Å². The van der Waals surface area contributed by atoms with Gasteiger partial charge in [0.25, 0.3) is 10.1 Å². The van der Waals surface area contributed by atoms with Crippen molar-refractivity contribution in [1.82, 2.24) is 5.32 Å². The molecular formula is C34H59NO5S. The zero-order valence-electron chi connectivity index (χ0n) is 25.9. The number of hydrogen-bond donors (Lipinski definition) is 3. The molecule has 0 spiro atoms. The van der Waals surface area contributed by atoms with Gasteiger partial charge in [-0.1, -0.05) is 126 Å². The van der Waals surface area contributed by atoms with Crippen LogP contribution in [0.2, 0.25) is 0 Å². The molecule has 7 heteroatoms. The molecule has 1 amide bonds. The summed E-state index contributed by atoms with van der Waals surface area (Å²) in [4.78, 5) is 12.3. The number of aliphatic hydroxyl groups excluding tert-OH is 1. The predicted molar refractivity (Wildman–Crippen MR) is 175 cm³/mol. The van der Waals surface area contributed by atoms with Crippen LogP contribution >= 0.6 is 0 Å². The van der Waals surface area contributed by atoms with Crippen LogP contribution in [-0.4, -0.2) is 41.9 Å². The fourth-order valence-electron chi connectivity index (χ4n) is 4.36. The number of allylic oxidation sites excluding steroid dienone is 10. The summed E-state index contributed by atoms with van der Waals surface area (Å²) < 4.78 is 32.0. The fraction of sp³-hybridized carbons (Fsp3) is 0.676. The first-order valence-electron chi connectivity index (χ1n) is 16.0. The van der Waals surface area contributed by atoms with Crippen LogP contribution in [0.25, 0.3) is 0 Å². The van der Waals surface area contributed by atoms with Gasteiger partial charge >= 0.3 is 0 Å². The molecule has 0 saturated carbocycles. The molecule has 236 valence electrons. The van der Waals surface area contributed by atoms with Crippen LogP contribution in [0.15, 0.2) is 60.8 Å². The van der Waals surface area contributed by atoms with Crippen molar-refractivity contribution in [2.75, 3.05) is 5.75 Å². The number of hydrogen-bond acceptors (Lipinski definition) is 4. The molecular weight excluding hydrogens is 534 g/mol. The third-order valence-electron chi connectivity index (χ3n) is 6.74. The molecule has 0 aliphatic rings. The van der Waals surface area contributed by atoms with Crippen LogP contribution in [0.5, 0.6) is 0 Å². The normalized spacial score (nSPS) is 14.3. The molecule has 2 atom stereocenters. The number of unbranched alkanes of at least 4 members (excludes halogenated alkanes) is 9. The lowest BCUT2D eigenvalue weighted by atomic mass is 10.0. The van der Waals surface area contributed by atoms with Gasteiger partial charge in [-0.15, -0.1) is 0 Å². The molecule has 0 bridgehead atoms. The molecule has 0 aliphatic carbocycles. The molecule has 0 aromatic carbocycles. The Bertz CT molecular complexity index is 874. The van der Waals surface area contributed by atoms with Crippen molar-refractivity contribution in [3.05, 3.63) is 60.8 Å². The summed E-state index contributed by atoms with van der Waals surface area (Å²) in [5, 5.41) is 13.1. The van der Waals surface area contributed by atoms with E-state index in [1.807, 2.05) is 0 Å². The van der Waals surface area contributed by atoms with Crippen LogP contribution in [0.1, 0.15) is 129 Å². The van der Waals surface area contributed by atoms with Crippen LogP contribution in [-0.2, 0) is 14.9 Å². The molecule has 0 saturated heterocycles. The third kappa shape index (κ3) is 29.3. The summed E-state index contributed by atoms with van der Waals surface area (Å²) in [6.45, 7) is 4.27. The van der Waals surface area contributed by atoms with Crippen molar-refractivity contribution in [1.29, 1.82) is 0 Å². The summed E-state index contributed by atoms with van der Waals surface area (Å²) in [6.07, 6.45) is 37.8. The first kappa shape index (κ1) is 39.0. The van der Waals surface area contributed by atoms with E-state index in [1.165, 1.54) is 0 Å². The van der Waals surface area contributed by atoms with Gasteiger partial charge in [-0.05, 0) is 57.8 Å². The zero-order chi connectivity index (χ0) is 30.4. The zero-order valence-corrected chi connectivity index (χ0v) is 26.7. The van der Waals surface area contributed by atoms with E-state index in [0.29, 0.717) is 12.8 Å². The Kier molecular flexibility index (Phi) is 26.8. The Morgan fingerprint density at radius 1 is 0.683 bits per heavy atom. The molecule has 0 fully saturated rings. The van der Waals surface area contributed by atoms with Crippen molar-refractivity contribution in [2.45, 2.75) is 142 Å². The highest BCUT2D eigenvalue weighted by atomic mass is 32.2. The number of carbonyl (C=O) groups is 1. The van der Waals surface area contributed by atoms with E-state index in [-0.39, 0.29) is 5.91 Å². The largest absolute Gasteiger partial charge is 0.391 e. The minimum Gasteiger partial charge on any atom is -0.391 e. The van der Waals surface area contributed by atoms with E-state index < -0.39 is 28.0 Å². The quantitative estimate of drug-likeness (QED) is 0.0503. The first-order valence-corrected chi connectivity index (χ1v) is 17.6. The van der Waals surface area contributed by atoms with Crippen molar-refractivity contribution in [2.24, 2.45) is 0 Å². The molecule has 0 aromatic rings. The second-order valence-electron chi connectivity index (χ2n) is 10.7. The molecule has 3 N–H and O–H groups in total. The highest BCUT2D eigenvalue weighted by Gasteiger charge is 2.25. The Balaban J connectivity index is 3.92. The average molecular weight is 594 g/mol. The SMILES string of the molecule is CC/C=C\C/C=C\C/C=C\C/C=C\C/C=C\CCCCCCCC(=O)NC(CS(=O)(=O)O)C(O)CCCCCCC. The monoisotopic (exact) mass is 593 g/mol. The van der Waals surface area contributed by atoms with Crippen molar-refractivity contribution < 1.29 is 22.9 Å². The van der Waals surface area contributed by atoms with Crippen molar-refractivity contribution in [3.8, 4) is 0 Å². The summed E-state index contributed by atoms with van der Waals surface area (Å²) in [7, 11) is -4.30. The molecule has 6 nitrogen and oxygen atoms in total. The van der Waals surface area contributed by atoms with Crippen LogP contribution in [0.4, 0.5) is 0 Å². The summed E-state index contributed by atoms with van der Waals surface area (Å²) in [5.74, 6) is -0.938. The smallest absolute Gasteiger partial charge is 0.266 e. The van der Waals surface area contributed by atoms with E-state index in [1.54, 1.807) is 0 Å².